The highest BCUT2D eigenvalue weighted by Gasteiger charge is 2.23. The molecule has 2 heterocycles. The molecule has 1 aliphatic heterocycles. The minimum atomic E-state index is -0.106. The van der Waals surface area contributed by atoms with Gasteiger partial charge < -0.3 is 10.6 Å². The fourth-order valence-electron chi connectivity index (χ4n) is 3.52. The normalized spacial score (nSPS) is 17.0. The number of carbonyl (C=O) groups is 2. The highest BCUT2D eigenvalue weighted by atomic mass is 16.2. The first-order valence-electron chi connectivity index (χ1n) is 9.46. The van der Waals surface area contributed by atoms with Crippen LogP contribution in [-0.2, 0) is 11.3 Å². The van der Waals surface area contributed by atoms with E-state index in [4.69, 9.17) is 0 Å². The number of nitrogens with zero attached hydrogens (tertiary/aromatic N) is 3. The Labute approximate surface area is 159 Å². The van der Waals surface area contributed by atoms with Crippen LogP contribution in [0.3, 0.4) is 0 Å². The van der Waals surface area contributed by atoms with Crippen molar-refractivity contribution >= 4 is 11.8 Å². The third-order valence-corrected chi connectivity index (χ3v) is 5.08. The molecule has 1 unspecified atom stereocenters. The van der Waals surface area contributed by atoms with Crippen LogP contribution in [0.2, 0.25) is 0 Å². The molecule has 2 aromatic rings. The molecule has 1 aromatic carbocycles. The Morgan fingerprint density at radius 2 is 2.15 bits per heavy atom. The van der Waals surface area contributed by atoms with Crippen molar-refractivity contribution in [3.8, 4) is 11.1 Å². The van der Waals surface area contributed by atoms with E-state index < -0.39 is 0 Å². The van der Waals surface area contributed by atoms with Gasteiger partial charge in [0.1, 0.15) is 6.54 Å². The summed E-state index contributed by atoms with van der Waals surface area (Å²) in [5.74, 6) is -0.164. The van der Waals surface area contributed by atoms with Crippen molar-refractivity contribution < 1.29 is 9.59 Å². The lowest BCUT2D eigenvalue weighted by Crippen LogP contribution is -2.40. The molecule has 1 fully saturated rings. The highest BCUT2D eigenvalue weighted by Crippen LogP contribution is 2.20. The number of hydrogen-bond donors (Lipinski definition) is 2. The molecule has 0 aliphatic carbocycles. The van der Waals surface area contributed by atoms with Gasteiger partial charge in [-0.05, 0) is 43.6 Å². The van der Waals surface area contributed by atoms with Crippen LogP contribution in [0.1, 0.15) is 30.1 Å². The zero-order chi connectivity index (χ0) is 19.2. The van der Waals surface area contributed by atoms with E-state index in [9.17, 15) is 9.59 Å². The van der Waals surface area contributed by atoms with Crippen LogP contribution in [0.4, 0.5) is 0 Å². The maximum absolute atomic E-state index is 12.6. The van der Waals surface area contributed by atoms with Crippen LogP contribution in [0.5, 0.6) is 0 Å². The lowest BCUT2D eigenvalue weighted by atomic mass is 10.1. The van der Waals surface area contributed by atoms with E-state index in [1.807, 2.05) is 30.5 Å². The van der Waals surface area contributed by atoms with E-state index in [1.165, 1.54) is 6.42 Å². The molecule has 1 atom stereocenters. The predicted octanol–water partition coefficient (Wildman–Crippen LogP) is 1.51. The fourth-order valence-corrected chi connectivity index (χ4v) is 3.52. The first-order chi connectivity index (χ1) is 13.1. The molecule has 7 nitrogen and oxygen atoms in total. The molecule has 0 spiro atoms. The van der Waals surface area contributed by atoms with Crippen molar-refractivity contribution in [2.24, 2.45) is 0 Å². The maximum Gasteiger partial charge on any atom is 0.251 e. The van der Waals surface area contributed by atoms with Crippen LogP contribution in [0, 0.1) is 0 Å². The van der Waals surface area contributed by atoms with Crippen molar-refractivity contribution in [3.05, 3.63) is 42.2 Å². The molecular weight excluding hydrogens is 342 g/mol. The number of benzene rings is 1. The second kappa shape index (κ2) is 8.81. The van der Waals surface area contributed by atoms with Crippen molar-refractivity contribution in [1.29, 1.82) is 0 Å². The monoisotopic (exact) mass is 369 g/mol. The standard InChI is InChI=1S/C20H27N5O2/c1-3-24-9-5-8-18(24)12-22-20(27)16-7-4-6-15(10-16)17-11-23-25(13-17)14-19(26)21-2/h4,6-7,10-11,13,18H,3,5,8-9,12,14H2,1-2H3,(H,21,26)(H,22,27). The van der Waals surface area contributed by atoms with E-state index in [0.717, 1.165) is 30.6 Å². The van der Waals surface area contributed by atoms with Gasteiger partial charge in [-0.25, -0.2) is 0 Å². The topological polar surface area (TPSA) is 79.3 Å². The maximum atomic E-state index is 12.6. The lowest BCUT2D eigenvalue weighted by molar-refractivity contribution is -0.121. The molecule has 0 bridgehead atoms. The van der Waals surface area contributed by atoms with Gasteiger partial charge in [0, 0.05) is 37.0 Å². The number of rotatable bonds is 7. The van der Waals surface area contributed by atoms with E-state index >= 15 is 0 Å². The first kappa shape index (κ1) is 19.1. The number of likely N-dealkylation sites (N-methyl/N-ethyl adjacent to an activating group) is 2. The molecule has 1 aromatic heterocycles. The number of carbonyl (C=O) groups excluding carboxylic acids is 2. The highest BCUT2D eigenvalue weighted by molar-refractivity contribution is 5.95. The molecule has 27 heavy (non-hydrogen) atoms. The van der Waals surface area contributed by atoms with E-state index in [-0.39, 0.29) is 18.4 Å². The van der Waals surface area contributed by atoms with E-state index in [1.54, 1.807) is 17.9 Å². The van der Waals surface area contributed by atoms with Gasteiger partial charge in [-0.2, -0.15) is 5.10 Å². The molecule has 144 valence electrons. The summed E-state index contributed by atoms with van der Waals surface area (Å²) in [6.07, 6.45) is 5.85. The summed E-state index contributed by atoms with van der Waals surface area (Å²) >= 11 is 0. The van der Waals surface area contributed by atoms with E-state index in [2.05, 4.69) is 27.6 Å². The zero-order valence-electron chi connectivity index (χ0n) is 15.9. The summed E-state index contributed by atoms with van der Waals surface area (Å²) in [6, 6.07) is 7.93. The number of nitrogens with one attached hydrogen (secondary N) is 2. The van der Waals surface area contributed by atoms with Crippen LogP contribution in [-0.4, -0.2) is 59.2 Å². The summed E-state index contributed by atoms with van der Waals surface area (Å²) in [6.45, 7) is 5.16. The van der Waals surface area contributed by atoms with Crippen molar-refractivity contribution in [2.75, 3.05) is 26.7 Å². The largest absolute Gasteiger partial charge is 0.358 e. The van der Waals surface area contributed by atoms with Crippen LogP contribution in [0.15, 0.2) is 36.7 Å². The third kappa shape index (κ3) is 4.74. The van der Waals surface area contributed by atoms with Gasteiger partial charge in [0.2, 0.25) is 5.91 Å². The van der Waals surface area contributed by atoms with Gasteiger partial charge in [0.25, 0.3) is 5.91 Å². The van der Waals surface area contributed by atoms with Gasteiger partial charge in [0.05, 0.1) is 6.20 Å². The minimum Gasteiger partial charge on any atom is -0.358 e. The SMILES string of the molecule is CCN1CCCC1CNC(=O)c1cccc(-c2cnn(CC(=O)NC)c2)c1. The second-order valence-electron chi connectivity index (χ2n) is 6.82. The van der Waals surface area contributed by atoms with Crippen molar-refractivity contribution in [1.82, 2.24) is 25.3 Å². The Morgan fingerprint density at radius 1 is 1.30 bits per heavy atom. The summed E-state index contributed by atoms with van der Waals surface area (Å²) in [5.41, 5.74) is 2.41. The summed E-state index contributed by atoms with van der Waals surface area (Å²) in [5, 5.41) is 9.85. The lowest BCUT2D eigenvalue weighted by Gasteiger charge is -2.22. The zero-order valence-corrected chi connectivity index (χ0v) is 15.9. The summed E-state index contributed by atoms with van der Waals surface area (Å²) in [7, 11) is 1.60. The van der Waals surface area contributed by atoms with Crippen molar-refractivity contribution in [3.63, 3.8) is 0 Å². The van der Waals surface area contributed by atoms with Crippen LogP contribution in [0.25, 0.3) is 11.1 Å². The molecule has 2 N–H and O–H groups in total. The minimum absolute atomic E-state index is 0.0578. The molecule has 7 heteroatoms. The number of amides is 2. The van der Waals surface area contributed by atoms with Crippen LogP contribution < -0.4 is 10.6 Å². The molecule has 2 amide bonds. The van der Waals surface area contributed by atoms with Crippen molar-refractivity contribution in [2.45, 2.75) is 32.4 Å². The Kier molecular flexibility index (Phi) is 6.24. The average molecular weight is 369 g/mol. The van der Waals surface area contributed by atoms with Crippen LogP contribution >= 0.6 is 0 Å². The average Bonchev–Trinajstić information content (AvgIpc) is 3.35. The molecule has 3 rings (SSSR count). The third-order valence-electron chi connectivity index (χ3n) is 5.08. The van der Waals surface area contributed by atoms with Gasteiger partial charge in [0.15, 0.2) is 0 Å². The fraction of sp³-hybridized carbons (Fsp3) is 0.450. The van der Waals surface area contributed by atoms with Gasteiger partial charge >= 0.3 is 0 Å². The Bertz CT molecular complexity index is 801. The Hall–Kier alpha value is -2.67. The van der Waals surface area contributed by atoms with Gasteiger partial charge in [-0.3, -0.25) is 19.2 Å². The summed E-state index contributed by atoms with van der Waals surface area (Å²) < 4.78 is 1.58. The van der Waals surface area contributed by atoms with Gasteiger partial charge in [-0.15, -0.1) is 0 Å². The first-order valence-corrected chi connectivity index (χ1v) is 9.46. The molecule has 0 radical (unpaired) electrons. The number of aromatic nitrogens is 2. The number of likely N-dealkylation sites (tertiary alicyclic amines) is 1. The number of hydrogen-bond acceptors (Lipinski definition) is 4. The summed E-state index contributed by atoms with van der Waals surface area (Å²) in [4.78, 5) is 26.4. The van der Waals surface area contributed by atoms with E-state index in [0.29, 0.717) is 18.2 Å². The molecule has 1 aliphatic rings. The molecule has 1 saturated heterocycles. The molecular formula is C20H27N5O2. The Morgan fingerprint density at radius 3 is 2.93 bits per heavy atom. The second-order valence-corrected chi connectivity index (χ2v) is 6.82. The smallest absolute Gasteiger partial charge is 0.251 e. The Balaban J connectivity index is 1.64. The predicted molar refractivity (Wildman–Crippen MR) is 104 cm³/mol. The molecule has 0 saturated carbocycles. The van der Waals surface area contributed by atoms with Gasteiger partial charge in [-0.1, -0.05) is 19.1 Å². The quantitative estimate of drug-likeness (QED) is 0.775.